The standard InChI is InChI=1S/C19H23F2N3O3.HI/c1-3-25-14-6-8-18(26-4-2)16(12-14)24-19(22)23-9-10-27-17-7-5-13(20)11-15(17)21;/h5-8,11-12H,3-4,9-10H2,1-2H3,(H3,22,23,24);1H. The van der Waals surface area contributed by atoms with Crippen molar-refractivity contribution >= 4 is 35.6 Å². The molecule has 0 aromatic heterocycles. The largest absolute Gasteiger partial charge is 0.494 e. The van der Waals surface area contributed by atoms with Gasteiger partial charge in [-0.2, -0.15) is 0 Å². The van der Waals surface area contributed by atoms with E-state index in [4.69, 9.17) is 19.9 Å². The van der Waals surface area contributed by atoms with Crippen molar-refractivity contribution in [3.05, 3.63) is 48.0 Å². The molecule has 2 rings (SSSR count). The van der Waals surface area contributed by atoms with Crippen LogP contribution in [-0.4, -0.2) is 32.3 Å². The Morgan fingerprint density at radius 1 is 1.00 bits per heavy atom. The lowest BCUT2D eigenvalue weighted by Crippen LogP contribution is -2.24. The predicted octanol–water partition coefficient (Wildman–Crippen LogP) is 4.19. The average Bonchev–Trinajstić information content (AvgIpc) is 2.63. The molecule has 0 unspecified atom stereocenters. The fraction of sp³-hybridized carbons (Fsp3) is 0.316. The molecule has 0 heterocycles. The highest BCUT2D eigenvalue weighted by atomic mass is 127. The minimum atomic E-state index is -0.765. The van der Waals surface area contributed by atoms with Crippen LogP contribution >= 0.6 is 24.0 Å². The fourth-order valence-corrected chi connectivity index (χ4v) is 2.24. The van der Waals surface area contributed by atoms with Gasteiger partial charge in [0.25, 0.3) is 0 Å². The number of rotatable bonds is 9. The van der Waals surface area contributed by atoms with E-state index in [0.29, 0.717) is 30.4 Å². The van der Waals surface area contributed by atoms with Gasteiger partial charge in [0.1, 0.15) is 23.9 Å². The highest BCUT2D eigenvalue weighted by Gasteiger charge is 2.08. The molecule has 6 nitrogen and oxygen atoms in total. The van der Waals surface area contributed by atoms with E-state index in [-0.39, 0.29) is 48.8 Å². The second-order valence-electron chi connectivity index (χ2n) is 5.34. The quantitative estimate of drug-likeness (QED) is 0.231. The molecular formula is C19H24F2IN3O3. The maximum Gasteiger partial charge on any atom is 0.193 e. The van der Waals surface area contributed by atoms with E-state index >= 15 is 0 Å². The summed E-state index contributed by atoms with van der Waals surface area (Å²) in [5.74, 6) is -0.0334. The first kappa shape index (κ1) is 23.7. The Morgan fingerprint density at radius 2 is 1.71 bits per heavy atom. The SMILES string of the molecule is CCOc1ccc(OCC)c(NC(N)=NCCOc2ccc(F)cc2F)c1.I. The minimum Gasteiger partial charge on any atom is -0.494 e. The molecule has 154 valence electrons. The third-order valence-corrected chi connectivity index (χ3v) is 3.35. The molecule has 0 bridgehead atoms. The van der Waals surface area contributed by atoms with Gasteiger partial charge >= 0.3 is 0 Å². The van der Waals surface area contributed by atoms with Crippen LogP contribution in [0.15, 0.2) is 41.4 Å². The van der Waals surface area contributed by atoms with Gasteiger partial charge in [0.15, 0.2) is 17.5 Å². The van der Waals surface area contributed by atoms with Crippen LogP contribution in [0.3, 0.4) is 0 Å². The van der Waals surface area contributed by atoms with Crippen molar-refractivity contribution in [2.24, 2.45) is 10.7 Å². The molecule has 0 fully saturated rings. The monoisotopic (exact) mass is 507 g/mol. The van der Waals surface area contributed by atoms with Crippen LogP contribution in [0.4, 0.5) is 14.5 Å². The summed E-state index contributed by atoms with van der Waals surface area (Å²) in [5, 5.41) is 2.96. The first-order chi connectivity index (χ1) is 13.0. The summed E-state index contributed by atoms with van der Waals surface area (Å²) >= 11 is 0. The average molecular weight is 507 g/mol. The van der Waals surface area contributed by atoms with Gasteiger partial charge in [-0.15, -0.1) is 24.0 Å². The number of aliphatic imine (C=N–C) groups is 1. The zero-order valence-corrected chi connectivity index (χ0v) is 18.0. The zero-order valence-electron chi connectivity index (χ0n) is 15.7. The van der Waals surface area contributed by atoms with Crippen LogP contribution in [-0.2, 0) is 0 Å². The van der Waals surface area contributed by atoms with Crippen molar-refractivity contribution in [1.82, 2.24) is 0 Å². The van der Waals surface area contributed by atoms with Gasteiger partial charge in [0.2, 0.25) is 0 Å². The molecule has 2 aromatic carbocycles. The molecule has 0 saturated carbocycles. The minimum absolute atomic E-state index is 0. The van der Waals surface area contributed by atoms with E-state index in [2.05, 4.69) is 10.3 Å². The lowest BCUT2D eigenvalue weighted by atomic mass is 10.2. The number of hydrogen-bond donors (Lipinski definition) is 2. The van der Waals surface area contributed by atoms with Crippen molar-refractivity contribution in [2.45, 2.75) is 13.8 Å². The molecule has 9 heteroatoms. The zero-order chi connectivity index (χ0) is 19.6. The number of nitrogens with one attached hydrogen (secondary N) is 1. The summed E-state index contributed by atoms with van der Waals surface area (Å²) in [4.78, 5) is 4.12. The molecule has 28 heavy (non-hydrogen) atoms. The molecule has 0 spiro atoms. The van der Waals surface area contributed by atoms with Crippen LogP contribution in [0.25, 0.3) is 0 Å². The van der Waals surface area contributed by atoms with Crippen LogP contribution in [0, 0.1) is 11.6 Å². The third-order valence-electron chi connectivity index (χ3n) is 3.35. The van der Waals surface area contributed by atoms with Crippen LogP contribution in [0.2, 0.25) is 0 Å². The van der Waals surface area contributed by atoms with Crippen molar-refractivity contribution in [2.75, 3.05) is 31.7 Å². The van der Waals surface area contributed by atoms with Gasteiger partial charge in [0, 0.05) is 12.1 Å². The van der Waals surface area contributed by atoms with Gasteiger partial charge in [-0.1, -0.05) is 0 Å². The lowest BCUT2D eigenvalue weighted by Gasteiger charge is -2.14. The maximum atomic E-state index is 13.5. The number of halogens is 3. The number of benzene rings is 2. The molecule has 0 aliphatic heterocycles. The first-order valence-corrected chi connectivity index (χ1v) is 8.58. The van der Waals surface area contributed by atoms with Crippen molar-refractivity contribution < 1.29 is 23.0 Å². The van der Waals surface area contributed by atoms with Crippen molar-refractivity contribution in [1.29, 1.82) is 0 Å². The van der Waals surface area contributed by atoms with Crippen LogP contribution in [0.5, 0.6) is 17.2 Å². The highest BCUT2D eigenvalue weighted by Crippen LogP contribution is 2.29. The molecule has 0 amide bonds. The number of ether oxygens (including phenoxy) is 3. The van der Waals surface area contributed by atoms with Gasteiger partial charge in [-0.05, 0) is 38.1 Å². The third kappa shape index (κ3) is 7.37. The Labute approximate surface area is 180 Å². The summed E-state index contributed by atoms with van der Waals surface area (Å²) in [5.41, 5.74) is 6.51. The van der Waals surface area contributed by atoms with E-state index < -0.39 is 11.6 Å². The second kappa shape index (κ2) is 12.2. The van der Waals surface area contributed by atoms with Gasteiger partial charge in [-0.3, -0.25) is 0 Å². The molecule has 2 aromatic rings. The number of guanidine groups is 1. The Hall–Kier alpha value is -2.30. The lowest BCUT2D eigenvalue weighted by molar-refractivity contribution is 0.310. The smallest absolute Gasteiger partial charge is 0.193 e. The number of hydrogen-bond acceptors (Lipinski definition) is 4. The summed E-state index contributed by atoms with van der Waals surface area (Å²) in [6.45, 7) is 5.07. The summed E-state index contributed by atoms with van der Waals surface area (Å²) < 4.78 is 42.6. The van der Waals surface area contributed by atoms with Crippen molar-refractivity contribution in [3.8, 4) is 17.2 Å². The highest BCUT2D eigenvalue weighted by molar-refractivity contribution is 14.0. The fourth-order valence-electron chi connectivity index (χ4n) is 2.24. The summed E-state index contributed by atoms with van der Waals surface area (Å²) in [6, 6.07) is 8.46. The number of anilines is 1. The summed E-state index contributed by atoms with van der Waals surface area (Å²) in [7, 11) is 0. The Kier molecular flexibility index (Phi) is 10.4. The van der Waals surface area contributed by atoms with E-state index in [0.717, 1.165) is 12.1 Å². The number of nitrogens with zero attached hydrogens (tertiary/aromatic N) is 1. The number of nitrogens with two attached hydrogens (primary N) is 1. The van der Waals surface area contributed by atoms with E-state index in [1.54, 1.807) is 18.2 Å². The van der Waals surface area contributed by atoms with Crippen LogP contribution in [0.1, 0.15) is 13.8 Å². The molecule has 0 aliphatic carbocycles. The van der Waals surface area contributed by atoms with Gasteiger partial charge in [-0.25, -0.2) is 13.8 Å². The van der Waals surface area contributed by atoms with Gasteiger partial charge < -0.3 is 25.3 Å². The van der Waals surface area contributed by atoms with Crippen molar-refractivity contribution in [3.63, 3.8) is 0 Å². The normalized spacial score (nSPS) is 10.8. The van der Waals surface area contributed by atoms with E-state index in [1.165, 1.54) is 6.07 Å². The molecule has 0 saturated heterocycles. The molecule has 3 N–H and O–H groups in total. The Balaban J connectivity index is 0.00000392. The maximum absolute atomic E-state index is 13.5. The van der Waals surface area contributed by atoms with E-state index in [1.807, 2.05) is 13.8 Å². The summed E-state index contributed by atoms with van der Waals surface area (Å²) in [6.07, 6.45) is 0. The first-order valence-electron chi connectivity index (χ1n) is 8.58. The molecule has 0 radical (unpaired) electrons. The molecular weight excluding hydrogens is 483 g/mol. The topological polar surface area (TPSA) is 78.1 Å². The molecule has 0 aliphatic rings. The Morgan fingerprint density at radius 3 is 2.39 bits per heavy atom. The molecule has 0 atom stereocenters. The van der Waals surface area contributed by atoms with E-state index in [9.17, 15) is 8.78 Å². The van der Waals surface area contributed by atoms with Gasteiger partial charge in [0.05, 0.1) is 25.4 Å². The predicted molar refractivity (Wildman–Crippen MR) is 116 cm³/mol. The second-order valence-corrected chi connectivity index (χ2v) is 5.34. The Bertz CT molecular complexity index is 791. The van der Waals surface area contributed by atoms with Crippen LogP contribution < -0.4 is 25.3 Å².